The third kappa shape index (κ3) is 3.48. The lowest BCUT2D eigenvalue weighted by Gasteiger charge is -2.16. The average molecular weight is 232 g/mol. The van der Waals surface area contributed by atoms with Crippen LogP contribution in [0.15, 0.2) is 4.99 Å². The lowest BCUT2D eigenvalue weighted by Crippen LogP contribution is -2.38. The monoisotopic (exact) mass is 232 g/mol. The molecule has 0 spiro atoms. The molecule has 0 amide bonds. The van der Waals surface area contributed by atoms with E-state index in [4.69, 9.17) is 15.3 Å². The highest BCUT2D eigenvalue weighted by atomic mass is 16.6. The van der Waals surface area contributed by atoms with E-state index in [-0.39, 0.29) is 12.4 Å². The van der Waals surface area contributed by atoms with Crippen LogP contribution in [0.4, 0.5) is 0 Å². The highest BCUT2D eigenvalue weighted by molar-refractivity contribution is 6.35. The Kier molecular flexibility index (Phi) is 4.20. The molecular weight excluding hydrogens is 220 g/mol. The average Bonchev–Trinajstić information content (AvgIpc) is 2.62. The van der Waals surface area contributed by atoms with Gasteiger partial charge in [-0.25, -0.2) is 4.79 Å². The van der Waals surface area contributed by atoms with Crippen molar-refractivity contribution in [1.82, 2.24) is 4.90 Å². The Labute approximate surface area is 90.8 Å². The third-order valence-electron chi connectivity index (χ3n) is 1.84. The largest absolute Gasteiger partial charge is 0.475 e. The number of nitrogens with zero attached hydrogens (tertiary/aromatic N) is 2. The first-order valence-corrected chi connectivity index (χ1v) is 4.55. The Hall–Kier alpha value is -1.67. The van der Waals surface area contributed by atoms with Gasteiger partial charge >= 0.3 is 11.9 Å². The van der Waals surface area contributed by atoms with Crippen LogP contribution in [0.3, 0.4) is 0 Å². The molecule has 0 atom stereocenters. The van der Waals surface area contributed by atoms with Gasteiger partial charge in [0.25, 0.3) is 0 Å². The summed E-state index contributed by atoms with van der Waals surface area (Å²) in [5, 5.41) is 25.6. The standard InChI is InChI=1S/C8H12N2O6/c11-5(12)4-16-6(13)3-10-2-1-9-7(10)8(14)15/h5,11-12H,1-4H2,(H,14,15). The number of hydrogen-bond donors (Lipinski definition) is 3. The maximum atomic E-state index is 11.1. The fourth-order valence-corrected chi connectivity index (χ4v) is 1.21. The van der Waals surface area contributed by atoms with E-state index in [1.165, 1.54) is 4.90 Å². The second kappa shape index (κ2) is 5.42. The summed E-state index contributed by atoms with van der Waals surface area (Å²) in [6.45, 7) is -0.153. The smallest absolute Gasteiger partial charge is 0.371 e. The zero-order chi connectivity index (χ0) is 12.1. The predicted octanol–water partition coefficient (Wildman–Crippen LogP) is -2.36. The molecule has 1 heterocycles. The Morgan fingerprint density at radius 3 is 2.75 bits per heavy atom. The number of carboxylic acid groups (broad SMARTS) is 1. The molecule has 0 aromatic heterocycles. The summed E-state index contributed by atoms with van der Waals surface area (Å²) in [4.78, 5) is 26.8. The van der Waals surface area contributed by atoms with Gasteiger partial charge in [0, 0.05) is 6.54 Å². The molecule has 90 valence electrons. The number of aliphatic imine (C=N–C) groups is 1. The molecule has 0 radical (unpaired) electrons. The van der Waals surface area contributed by atoms with Gasteiger partial charge in [-0.1, -0.05) is 0 Å². The lowest BCUT2D eigenvalue weighted by atomic mass is 10.4. The number of ether oxygens (including phenoxy) is 1. The Balaban J connectivity index is 2.40. The molecule has 8 nitrogen and oxygen atoms in total. The van der Waals surface area contributed by atoms with Crippen molar-refractivity contribution >= 4 is 17.8 Å². The second-order valence-corrected chi connectivity index (χ2v) is 3.10. The van der Waals surface area contributed by atoms with Gasteiger partial charge in [-0.15, -0.1) is 0 Å². The fourth-order valence-electron chi connectivity index (χ4n) is 1.21. The SMILES string of the molecule is O=C(CN1CCN=C1C(=O)O)OCC(O)O. The first kappa shape index (κ1) is 12.4. The van der Waals surface area contributed by atoms with Crippen LogP contribution in [0.1, 0.15) is 0 Å². The highest BCUT2D eigenvalue weighted by Gasteiger charge is 2.25. The van der Waals surface area contributed by atoms with Crippen LogP contribution >= 0.6 is 0 Å². The summed E-state index contributed by atoms with van der Waals surface area (Å²) in [7, 11) is 0. The molecule has 0 fully saturated rings. The zero-order valence-corrected chi connectivity index (χ0v) is 8.37. The van der Waals surface area contributed by atoms with E-state index in [1.807, 2.05) is 0 Å². The molecule has 0 bridgehead atoms. The third-order valence-corrected chi connectivity index (χ3v) is 1.84. The maximum Gasteiger partial charge on any atom is 0.371 e. The van der Waals surface area contributed by atoms with E-state index in [0.717, 1.165) is 0 Å². The molecule has 0 aliphatic carbocycles. The van der Waals surface area contributed by atoms with E-state index < -0.39 is 24.8 Å². The fraction of sp³-hybridized carbons (Fsp3) is 0.625. The Morgan fingerprint density at radius 1 is 1.50 bits per heavy atom. The van der Waals surface area contributed by atoms with Crippen molar-refractivity contribution in [3.8, 4) is 0 Å². The van der Waals surface area contributed by atoms with Crippen LogP contribution in [0, 0.1) is 0 Å². The van der Waals surface area contributed by atoms with Crippen LogP contribution in [0.25, 0.3) is 0 Å². The first-order chi connectivity index (χ1) is 7.50. The van der Waals surface area contributed by atoms with Crippen molar-refractivity contribution in [2.24, 2.45) is 4.99 Å². The lowest BCUT2D eigenvalue weighted by molar-refractivity contribution is -0.156. The van der Waals surface area contributed by atoms with Crippen LogP contribution < -0.4 is 0 Å². The van der Waals surface area contributed by atoms with E-state index in [2.05, 4.69) is 9.73 Å². The number of esters is 1. The van der Waals surface area contributed by atoms with E-state index in [9.17, 15) is 9.59 Å². The first-order valence-electron chi connectivity index (χ1n) is 4.55. The number of hydrogen-bond acceptors (Lipinski definition) is 7. The predicted molar refractivity (Wildman–Crippen MR) is 50.7 cm³/mol. The minimum Gasteiger partial charge on any atom is -0.475 e. The van der Waals surface area contributed by atoms with E-state index in [1.54, 1.807) is 0 Å². The van der Waals surface area contributed by atoms with Gasteiger partial charge in [0.15, 0.2) is 6.29 Å². The maximum absolute atomic E-state index is 11.1. The van der Waals surface area contributed by atoms with Crippen LogP contribution in [-0.4, -0.2) is 70.5 Å². The van der Waals surface area contributed by atoms with Crippen molar-refractivity contribution in [2.45, 2.75) is 6.29 Å². The molecule has 0 aromatic carbocycles. The van der Waals surface area contributed by atoms with Crippen LogP contribution in [0.5, 0.6) is 0 Å². The number of rotatable bonds is 5. The van der Waals surface area contributed by atoms with Crippen molar-refractivity contribution in [2.75, 3.05) is 26.2 Å². The van der Waals surface area contributed by atoms with Crippen molar-refractivity contribution < 1.29 is 29.6 Å². The summed E-state index contributed by atoms with van der Waals surface area (Å²) in [5.74, 6) is -2.11. The molecule has 1 aliphatic heterocycles. The second-order valence-electron chi connectivity index (χ2n) is 3.10. The molecule has 0 saturated heterocycles. The molecule has 0 unspecified atom stereocenters. The Bertz CT molecular complexity index is 314. The van der Waals surface area contributed by atoms with Crippen molar-refractivity contribution in [3.05, 3.63) is 0 Å². The topological polar surface area (TPSA) is 120 Å². The highest BCUT2D eigenvalue weighted by Crippen LogP contribution is 2.02. The number of aliphatic carboxylic acids is 1. The van der Waals surface area contributed by atoms with Gasteiger partial charge in [0.2, 0.25) is 5.84 Å². The minimum absolute atomic E-state index is 0.179. The Morgan fingerprint density at radius 2 is 2.19 bits per heavy atom. The summed E-state index contributed by atoms with van der Waals surface area (Å²) in [5.41, 5.74) is 0. The zero-order valence-electron chi connectivity index (χ0n) is 8.37. The number of carbonyl (C=O) groups excluding carboxylic acids is 1. The van der Waals surface area contributed by atoms with Crippen molar-refractivity contribution in [1.29, 1.82) is 0 Å². The molecule has 0 saturated carbocycles. The number of amidine groups is 1. The van der Waals surface area contributed by atoms with Gasteiger partial charge < -0.3 is 25.0 Å². The number of carbonyl (C=O) groups is 2. The normalized spacial score (nSPS) is 15.2. The van der Waals surface area contributed by atoms with E-state index in [0.29, 0.717) is 13.1 Å². The number of aliphatic hydroxyl groups excluding tert-OH is 1. The number of aliphatic hydroxyl groups is 2. The molecule has 1 aliphatic rings. The molecule has 1 rings (SSSR count). The van der Waals surface area contributed by atoms with E-state index >= 15 is 0 Å². The van der Waals surface area contributed by atoms with Gasteiger partial charge in [-0.3, -0.25) is 9.79 Å². The molecule has 0 aromatic rings. The molecule has 16 heavy (non-hydrogen) atoms. The van der Waals surface area contributed by atoms with Crippen LogP contribution in [0.2, 0.25) is 0 Å². The summed E-state index contributed by atoms with van der Waals surface area (Å²) >= 11 is 0. The number of carboxylic acids is 1. The summed E-state index contributed by atoms with van der Waals surface area (Å²) in [6, 6.07) is 0. The minimum atomic E-state index is -1.73. The van der Waals surface area contributed by atoms with Gasteiger partial charge in [0.1, 0.15) is 13.2 Å². The van der Waals surface area contributed by atoms with Crippen LogP contribution in [-0.2, 0) is 14.3 Å². The molecular formula is C8H12N2O6. The van der Waals surface area contributed by atoms with Gasteiger partial charge in [-0.05, 0) is 0 Å². The molecule has 3 N–H and O–H groups in total. The van der Waals surface area contributed by atoms with Crippen molar-refractivity contribution in [3.63, 3.8) is 0 Å². The summed E-state index contributed by atoms with van der Waals surface area (Å²) < 4.78 is 4.46. The van der Waals surface area contributed by atoms with Gasteiger partial charge in [-0.2, -0.15) is 0 Å². The van der Waals surface area contributed by atoms with Gasteiger partial charge in [0.05, 0.1) is 6.54 Å². The quantitative estimate of drug-likeness (QED) is 0.358. The molecule has 8 heteroatoms. The summed E-state index contributed by atoms with van der Waals surface area (Å²) in [6.07, 6.45) is -1.73.